The highest BCUT2D eigenvalue weighted by Gasteiger charge is 2.25. The Bertz CT molecular complexity index is 1600. The predicted octanol–water partition coefficient (Wildman–Crippen LogP) is 9.47. The molecular formula is C32H28Br4O4. The summed E-state index contributed by atoms with van der Waals surface area (Å²) in [5.74, 6) is 0.587. The highest BCUT2D eigenvalue weighted by atomic mass is 79.9. The summed E-state index contributed by atoms with van der Waals surface area (Å²) in [7, 11) is 0. The number of benzene rings is 4. The van der Waals surface area contributed by atoms with Crippen molar-refractivity contribution in [2.75, 3.05) is 0 Å². The molecule has 0 amide bonds. The molecule has 4 aromatic carbocycles. The van der Waals surface area contributed by atoms with Gasteiger partial charge in [-0.1, -0.05) is 63.7 Å². The van der Waals surface area contributed by atoms with E-state index >= 15 is 0 Å². The topological polar surface area (TPSA) is 80.9 Å². The van der Waals surface area contributed by atoms with Crippen molar-refractivity contribution in [3.63, 3.8) is 0 Å². The SMILES string of the molecule is Cc1c(Br)cc2c(O)c1Cc1cc(Br)c(C)c(c1O)Cc1c(C)c(Br)cc(c1O)Cc1c(C)c(Br)cc(c1O)C2. The lowest BCUT2D eigenvalue weighted by molar-refractivity contribution is 0.449. The van der Waals surface area contributed by atoms with Crippen LogP contribution < -0.4 is 0 Å². The summed E-state index contributed by atoms with van der Waals surface area (Å²) in [6, 6.07) is 7.56. The molecule has 8 heteroatoms. The summed E-state index contributed by atoms with van der Waals surface area (Å²) in [6.07, 6.45) is 1.19. The summed E-state index contributed by atoms with van der Waals surface area (Å²) in [5, 5.41) is 46.2. The molecule has 0 spiro atoms. The third-order valence-electron chi connectivity index (χ3n) is 8.28. The van der Waals surface area contributed by atoms with E-state index in [1.165, 1.54) is 0 Å². The predicted molar refractivity (Wildman–Crippen MR) is 173 cm³/mol. The first-order valence-corrected chi connectivity index (χ1v) is 16.0. The van der Waals surface area contributed by atoms with Crippen molar-refractivity contribution in [2.24, 2.45) is 0 Å². The lowest BCUT2D eigenvalue weighted by Crippen LogP contribution is -2.06. The van der Waals surface area contributed by atoms with Crippen molar-refractivity contribution in [2.45, 2.75) is 53.4 Å². The van der Waals surface area contributed by atoms with Gasteiger partial charge in [-0.05, 0) is 96.5 Å². The van der Waals surface area contributed by atoms with E-state index in [9.17, 15) is 20.4 Å². The molecule has 5 rings (SSSR count). The largest absolute Gasteiger partial charge is 0.507 e. The Kier molecular flexibility index (Phi) is 8.12. The number of phenols is 4. The minimum atomic E-state index is 0.144. The van der Waals surface area contributed by atoms with Crippen LogP contribution in [0.5, 0.6) is 23.0 Å². The number of hydrogen-bond acceptors (Lipinski definition) is 4. The Morgan fingerprint density at radius 3 is 0.900 bits per heavy atom. The summed E-state index contributed by atoms with van der Waals surface area (Å²) >= 11 is 14.7. The second-order valence-electron chi connectivity index (χ2n) is 10.6. The first-order valence-electron chi connectivity index (χ1n) is 12.8. The van der Waals surface area contributed by atoms with Crippen LogP contribution in [0.15, 0.2) is 42.2 Å². The highest BCUT2D eigenvalue weighted by Crippen LogP contribution is 2.44. The fourth-order valence-corrected chi connectivity index (χ4v) is 7.61. The number of halogens is 4. The molecular weight excluding hydrogens is 768 g/mol. The molecule has 0 atom stereocenters. The second-order valence-corrected chi connectivity index (χ2v) is 14.0. The van der Waals surface area contributed by atoms with Crippen LogP contribution >= 0.6 is 63.7 Å². The third-order valence-corrected chi connectivity index (χ3v) is 11.6. The van der Waals surface area contributed by atoms with Gasteiger partial charge >= 0.3 is 0 Å². The molecule has 4 nitrogen and oxygen atoms in total. The van der Waals surface area contributed by atoms with Gasteiger partial charge in [0.25, 0.3) is 0 Å². The van der Waals surface area contributed by atoms with Crippen LogP contribution in [0.25, 0.3) is 0 Å². The maximum atomic E-state index is 11.6. The van der Waals surface area contributed by atoms with E-state index in [1.54, 1.807) is 0 Å². The van der Waals surface area contributed by atoms with E-state index in [4.69, 9.17) is 0 Å². The molecule has 1 aliphatic rings. The van der Waals surface area contributed by atoms with Crippen LogP contribution in [0.3, 0.4) is 0 Å². The first kappa shape index (κ1) is 29.5. The normalized spacial score (nSPS) is 13.0. The molecule has 0 saturated carbocycles. The summed E-state index contributed by atoms with van der Waals surface area (Å²) in [5.41, 5.74) is 8.95. The minimum Gasteiger partial charge on any atom is -0.507 e. The van der Waals surface area contributed by atoms with Crippen LogP contribution in [0.2, 0.25) is 0 Å². The highest BCUT2D eigenvalue weighted by molar-refractivity contribution is 9.11. The standard InChI is InChI=1S/C32H28Br4O4/c1-13-21-6-19-10-27(35)15(3)23(31(19)39)12-24-16(4)28(36)11-20(32(24)40)7-22-14(2)26(34)9-18(30(22)38)5-17(29(21)37)8-25(13)33/h8-11,37-40H,5-7,12H2,1-4H3. The fraction of sp³-hybridized carbons (Fsp3) is 0.250. The van der Waals surface area contributed by atoms with E-state index < -0.39 is 0 Å². The fourth-order valence-electron chi connectivity index (χ4n) is 5.55. The molecule has 1 aliphatic carbocycles. The van der Waals surface area contributed by atoms with Crippen molar-refractivity contribution in [1.82, 2.24) is 0 Å². The maximum Gasteiger partial charge on any atom is 0.122 e. The zero-order valence-corrected chi connectivity index (χ0v) is 28.8. The van der Waals surface area contributed by atoms with Crippen molar-refractivity contribution in [3.05, 3.63) is 109 Å². The van der Waals surface area contributed by atoms with E-state index in [1.807, 2.05) is 52.0 Å². The first-order chi connectivity index (χ1) is 18.8. The monoisotopic (exact) mass is 792 g/mol. The number of rotatable bonds is 0. The van der Waals surface area contributed by atoms with Gasteiger partial charge in [0, 0.05) is 65.8 Å². The van der Waals surface area contributed by atoms with Gasteiger partial charge in [-0.25, -0.2) is 0 Å². The average Bonchev–Trinajstić information content (AvgIpc) is 2.90. The zero-order valence-electron chi connectivity index (χ0n) is 22.4. The van der Waals surface area contributed by atoms with Crippen molar-refractivity contribution in [1.29, 1.82) is 0 Å². The quantitative estimate of drug-likeness (QED) is 0.126. The van der Waals surface area contributed by atoms with Crippen LogP contribution in [0.4, 0.5) is 0 Å². The van der Waals surface area contributed by atoms with Crippen molar-refractivity contribution >= 4 is 63.7 Å². The second kappa shape index (κ2) is 11.0. The molecule has 8 bridgehead atoms. The van der Waals surface area contributed by atoms with Gasteiger partial charge < -0.3 is 20.4 Å². The molecule has 0 unspecified atom stereocenters. The number of phenolic OH excluding ortho intramolecular Hbond substituents is 4. The maximum absolute atomic E-state index is 11.6. The number of aromatic hydroxyl groups is 4. The molecule has 40 heavy (non-hydrogen) atoms. The van der Waals surface area contributed by atoms with Crippen molar-refractivity contribution in [3.8, 4) is 23.0 Å². The van der Waals surface area contributed by atoms with Gasteiger partial charge in [0.1, 0.15) is 23.0 Å². The van der Waals surface area contributed by atoms with Gasteiger partial charge in [0.05, 0.1) is 0 Å². The van der Waals surface area contributed by atoms with Crippen LogP contribution in [-0.2, 0) is 25.7 Å². The summed E-state index contributed by atoms with van der Waals surface area (Å²) < 4.78 is 3.37. The Labute approximate surface area is 267 Å². The molecule has 0 saturated heterocycles. The Morgan fingerprint density at radius 1 is 0.400 bits per heavy atom. The van der Waals surface area contributed by atoms with Gasteiger partial charge in [0.15, 0.2) is 0 Å². The van der Waals surface area contributed by atoms with Gasteiger partial charge in [-0.3, -0.25) is 0 Å². The smallest absolute Gasteiger partial charge is 0.122 e. The van der Waals surface area contributed by atoms with E-state index in [0.29, 0.717) is 70.2 Å². The lowest BCUT2D eigenvalue weighted by Gasteiger charge is -2.22. The Balaban J connectivity index is 1.87. The Hall–Kier alpha value is -2.00. The molecule has 4 aromatic rings. The molecule has 208 valence electrons. The van der Waals surface area contributed by atoms with E-state index in [-0.39, 0.29) is 23.0 Å². The van der Waals surface area contributed by atoms with Gasteiger partial charge in [-0.15, -0.1) is 0 Å². The van der Waals surface area contributed by atoms with E-state index in [2.05, 4.69) is 63.7 Å². The molecule has 0 fully saturated rings. The van der Waals surface area contributed by atoms with E-state index in [0.717, 1.165) is 40.1 Å². The van der Waals surface area contributed by atoms with Crippen LogP contribution in [0.1, 0.15) is 66.8 Å². The zero-order chi connectivity index (χ0) is 29.2. The summed E-state index contributed by atoms with van der Waals surface area (Å²) in [4.78, 5) is 0. The van der Waals surface area contributed by atoms with Gasteiger partial charge in [-0.2, -0.15) is 0 Å². The Morgan fingerprint density at radius 2 is 0.625 bits per heavy atom. The number of hydrogen-bond donors (Lipinski definition) is 4. The average molecular weight is 796 g/mol. The molecule has 0 aliphatic heterocycles. The third kappa shape index (κ3) is 4.99. The lowest BCUT2D eigenvalue weighted by atomic mass is 9.87. The van der Waals surface area contributed by atoms with Crippen LogP contribution in [-0.4, -0.2) is 20.4 Å². The van der Waals surface area contributed by atoms with Crippen molar-refractivity contribution < 1.29 is 20.4 Å². The molecule has 4 N–H and O–H groups in total. The van der Waals surface area contributed by atoms with Crippen LogP contribution in [0, 0.1) is 27.7 Å². The summed E-state index contributed by atoms with van der Waals surface area (Å²) in [6.45, 7) is 7.75. The minimum absolute atomic E-state index is 0.144. The molecule has 0 radical (unpaired) electrons. The molecule has 0 heterocycles. The molecule has 0 aromatic heterocycles. The number of fused-ring (bicyclic) bond motifs is 8. The van der Waals surface area contributed by atoms with Gasteiger partial charge in [0.2, 0.25) is 0 Å².